The van der Waals surface area contributed by atoms with Crippen molar-refractivity contribution in [2.45, 2.75) is 6.92 Å². The summed E-state index contributed by atoms with van der Waals surface area (Å²) in [6.45, 7) is 2.09. The molecule has 0 radical (unpaired) electrons. The quantitative estimate of drug-likeness (QED) is 0.768. The molecule has 0 fully saturated rings. The molecule has 0 saturated carbocycles. The molecule has 22 heavy (non-hydrogen) atoms. The van der Waals surface area contributed by atoms with E-state index in [1.165, 1.54) is 5.56 Å². The van der Waals surface area contributed by atoms with Crippen LogP contribution >= 0.6 is 12.4 Å². The van der Waals surface area contributed by atoms with E-state index >= 15 is 0 Å². The lowest BCUT2D eigenvalue weighted by molar-refractivity contribution is 1.14. The Morgan fingerprint density at radius 2 is 1.68 bits per heavy atom. The van der Waals surface area contributed by atoms with Crippen LogP contribution < -0.4 is 10.6 Å². The number of anilines is 2. The van der Waals surface area contributed by atoms with Crippen molar-refractivity contribution in [3.05, 3.63) is 54.1 Å². The molecule has 3 rings (SSSR count). The van der Waals surface area contributed by atoms with Crippen molar-refractivity contribution < 1.29 is 0 Å². The second kappa shape index (κ2) is 6.24. The number of halogens is 1. The van der Waals surface area contributed by atoms with Crippen LogP contribution in [0.4, 0.5) is 11.5 Å². The average Bonchev–Trinajstić information content (AvgIpc) is 2.47. The smallest absolute Gasteiger partial charge is 0.132 e. The lowest BCUT2D eigenvalue weighted by atomic mass is 10.0. The van der Waals surface area contributed by atoms with Gasteiger partial charge in [-0.3, -0.25) is 0 Å². The third-order valence-corrected chi connectivity index (χ3v) is 3.78. The van der Waals surface area contributed by atoms with Gasteiger partial charge in [0.05, 0.1) is 5.69 Å². The normalized spacial score (nSPS) is 10.3. The van der Waals surface area contributed by atoms with E-state index in [-0.39, 0.29) is 12.4 Å². The van der Waals surface area contributed by atoms with Crippen molar-refractivity contribution in [2.75, 3.05) is 24.7 Å². The molecule has 0 unspecified atom stereocenters. The Morgan fingerprint density at radius 3 is 2.36 bits per heavy atom. The minimum Gasteiger partial charge on any atom is -0.383 e. The Hall–Kier alpha value is -2.26. The largest absolute Gasteiger partial charge is 0.383 e. The lowest BCUT2D eigenvalue weighted by Crippen LogP contribution is -2.09. The number of nitrogens with two attached hydrogens (primary N) is 1. The van der Waals surface area contributed by atoms with Gasteiger partial charge in [-0.15, -0.1) is 12.4 Å². The summed E-state index contributed by atoms with van der Waals surface area (Å²) in [6, 6.07) is 16.5. The summed E-state index contributed by atoms with van der Waals surface area (Å²) >= 11 is 0. The minimum atomic E-state index is 0. The maximum absolute atomic E-state index is 6.18. The number of fused-ring (bicyclic) bond motifs is 1. The van der Waals surface area contributed by atoms with Gasteiger partial charge in [0.2, 0.25) is 0 Å². The lowest BCUT2D eigenvalue weighted by Gasteiger charge is -2.17. The fraction of sp³-hybridized carbons (Fsp3) is 0.167. The number of benzene rings is 2. The molecule has 1 aromatic heterocycles. The fourth-order valence-corrected chi connectivity index (χ4v) is 2.68. The molecule has 0 aliphatic carbocycles. The Bertz CT molecular complexity index is 813. The van der Waals surface area contributed by atoms with Crippen LogP contribution in [0.2, 0.25) is 0 Å². The number of nitrogen functional groups attached to an aromatic ring is 1. The van der Waals surface area contributed by atoms with E-state index in [0.29, 0.717) is 5.82 Å². The zero-order valence-corrected chi connectivity index (χ0v) is 13.8. The van der Waals surface area contributed by atoms with Crippen molar-refractivity contribution >= 4 is 34.7 Å². The van der Waals surface area contributed by atoms with Gasteiger partial charge >= 0.3 is 0 Å². The molecule has 4 heteroatoms. The monoisotopic (exact) mass is 313 g/mol. The summed E-state index contributed by atoms with van der Waals surface area (Å²) in [5.74, 6) is 0.578. The topological polar surface area (TPSA) is 42.1 Å². The first kappa shape index (κ1) is 16.1. The van der Waals surface area contributed by atoms with Crippen molar-refractivity contribution in [2.24, 2.45) is 0 Å². The number of aryl methyl sites for hydroxylation is 1. The van der Waals surface area contributed by atoms with E-state index in [0.717, 1.165) is 27.7 Å². The van der Waals surface area contributed by atoms with Crippen LogP contribution in [0.3, 0.4) is 0 Å². The van der Waals surface area contributed by atoms with Crippen LogP contribution in [0.1, 0.15) is 5.56 Å². The molecule has 0 amide bonds. The van der Waals surface area contributed by atoms with Gasteiger partial charge in [-0.05, 0) is 24.6 Å². The summed E-state index contributed by atoms with van der Waals surface area (Å²) in [4.78, 5) is 6.69. The van der Waals surface area contributed by atoms with Crippen molar-refractivity contribution in [1.82, 2.24) is 4.98 Å². The Balaban J connectivity index is 0.00000176. The Kier molecular flexibility index (Phi) is 4.57. The summed E-state index contributed by atoms with van der Waals surface area (Å²) in [5, 5.41) is 2.13. The molecule has 0 bridgehead atoms. The summed E-state index contributed by atoms with van der Waals surface area (Å²) in [7, 11) is 4.08. The molecule has 0 aliphatic rings. The number of nitrogens with zero attached hydrogens (tertiary/aromatic N) is 2. The van der Waals surface area contributed by atoms with Crippen LogP contribution in [-0.2, 0) is 0 Å². The molecular formula is C18H20ClN3. The van der Waals surface area contributed by atoms with Crippen LogP contribution in [0.5, 0.6) is 0 Å². The van der Waals surface area contributed by atoms with Gasteiger partial charge in [0.25, 0.3) is 0 Å². The van der Waals surface area contributed by atoms with E-state index in [1.54, 1.807) is 0 Å². The van der Waals surface area contributed by atoms with Gasteiger partial charge in [-0.1, -0.05) is 36.4 Å². The predicted molar refractivity (Wildman–Crippen MR) is 97.9 cm³/mol. The Labute approximate surface area is 137 Å². The molecule has 2 aromatic carbocycles. The predicted octanol–water partition coefficient (Wildman–Crippen LogP) is 4.28. The van der Waals surface area contributed by atoms with E-state index < -0.39 is 0 Å². The number of pyridine rings is 1. The summed E-state index contributed by atoms with van der Waals surface area (Å²) in [6.07, 6.45) is 0. The highest BCUT2D eigenvalue weighted by Gasteiger charge is 2.10. The second-order valence-corrected chi connectivity index (χ2v) is 5.47. The zero-order valence-electron chi connectivity index (χ0n) is 13.0. The summed E-state index contributed by atoms with van der Waals surface area (Å²) < 4.78 is 0. The van der Waals surface area contributed by atoms with Gasteiger partial charge in [0.15, 0.2) is 0 Å². The van der Waals surface area contributed by atoms with E-state index in [4.69, 9.17) is 5.73 Å². The van der Waals surface area contributed by atoms with Gasteiger partial charge in [0, 0.05) is 36.1 Å². The van der Waals surface area contributed by atoms with E-state index in [1.807, 2.05) is 38.4 Å². The van der Waals surface area contributed by atoms with Crippen molar-refractivity contribution in [3.8, 4) is 11.3 Å². The molecule has 0 atom stereocenters. The highest BCUT2D eigenvalue weighted by molar-refractivity contribution is 6.01. The van der Waals surface area contributed by atoms with Crippen LogP contribution in [-0.4, -0.2) is 19.1 Å². The van der Waals surface area contributed by atoms with Crippen molar-refractivity contribution in [3.63, 3.8) is 0 Å². The molecule has 3 aromatic rings. The minimum absolute atomic E-state index is 0. The van der Waals surface area contributed by atoms with Crippen molar-refractivity contribution in [1.29, 1.82) is 0 Å². The Morgan fingerprint density at radius 1 is 0.955 bits per heavy atom. The third-order valence-electron chi connectivity index (χ3n) is 3.78. The first-order chi connectivity index (χ1) is 10.1. The van der Waals surface area contributed by atoms with Crippen LogP contribution in [0.25, 0.3) is 22.0 Å². The highest BCUT2D eigenvalue weighted by Crippen LogP contribution is 2.33. The van der Waals surface area contributed by atoms with E-state index in [9.17, 15) is 0 Å². The SMILES string of the molecule is Cc1ccccc1-c1cc2c(N(C)C)cccc2c(N)n1.Cl. The third kappa shape index (κ3) is 2.72. The van der Waals surface area contributed by atoms with Gasteiger partial charge in [0.1, 0.15) is 5.82 Å². The number of rotatable bonds is 2. The van der Waals surface area contributed by atoms with Crippen LogP contribution in [0, 0.1) is 6.92 Å². The number of hydrogen-bond donors (Lipinski definition) is 1. The molecule has 1 heterocycles. The molecule has 0 saturated heterocycles. The van der Waals surface area contributed by atoms with Crippen LogP contribution in [0.15, 0.2) is 48.5 Å². The molecule has 3 nitrogen and oxygen atoms in total. The molecule has 0 spiro atoms. The fourth-order valence-electron chi connectivity index (χ4n) is 2.68. The van der Waals surface area contributed by atoms with E-state index in [2.05, 4.69) is 41.1 Å². The molecule has 114 valence electrons. The maximum atomic E-state index is 6.18. The molecular weight excluding hydrogens is 294 g/mol. The zero-order chi connectivity index (χ0) is 15.0. The molecule has 2 N–H and O–H groups in total. The van der Waals surface area contributed by atoms with Gasteiger partial charge in [-0.2, -0.15) is 0 Å². The average molecular weight is 314 g/mol. The first-order valence-corrected chi connectivity index (χ1v) is 7.00. The maximum Gasteiger partial charge on any atom is 0.132 e. The number of aromatic nitrogens is 1. The van der Waals surface area contributed by atoms with Gasteiger partial charge < -0.3 is 10.6 Å². The standard InChI is InChI=1S/C18H19N3.ClH/c1-12-7-4-5-8-13(12)16-11-15-14(18(19)20-16)9-6-10-17(15)21(2)3;/h4-11H,1-3H3,(H2,19,20);1H. The second-order valence-electron chi connectivity index (χ2n) is 5.47. The summed E-state index contributed by atoms with van der Waals surface area (Å²) in [5.41, 5.74) is 10.6. The highest BCUT2D eigenvalue weighted by atomic mass is 35.5. The first-order valence-electron chi connectivity index (χ1n) is 7.00. The molecule has 0 aliphatic heterocycles. The number of hydrogen-bond acceptors (Lipinski definition) is 3. The van der Waals surface area contributed by atoms with Gasteiger partial charge in [-0.25, -0.2) is 4.98 Å².